The van der Waals surface area contributed by atoms with Crippen molar-refractivity contribution in [3.8, 4) is 11.5 Å². The van der Waals surface area contributed by atoms with Crippen LogP contribution in [0, 0.1) is 6.92 Å². The summed E-state index contributed by atoms with van der Waals surface area (Å²) in [5, 5.41) is 7.59. The van der Waals surface area contributed by atoms with Crippen LogP contribution in [0.4, 0.5) is 0 Å². The SMILES string of the molecule is CCNC(=S)N/N=C\c1cc(Br)c(OCc2ccc(C)cc2)c(OCC)c1. The van der Waals surface area contributed by atoms with Gasteiger partial charge in [0, 0.05) is 6.54 Å². The van der Waals surface area contributed by atoms with Gasteiger partial charge in [0.2, 0.25) is 0 Å². The van der Waals surface area contributed by atoms with E-state index in [9.17, 15) is 0 Å². The number of nitrogens with one attached hydrogen (secondary N) is 2. The smallest absolute Gasteiger partial charge is 0.186 e. The normalized spacial score (nSPS) is 10.7. The van der Waals surface area contributed by atoms with Crippen LogP contribution in [-0.2, 0) is 6.61 Å². The van der Waals surface area contributed by atoms with E-state index in [1.54, 1.807) is 6.21 Å². The van der Waals surface area contributed by atoms with Crippen molar-refractivity contribution in [1.82, 2.24) is 10.7 Å². The molecule has 0 radical (unpaired) electrons. The van der Waals surface area contributed by atoms with Crippen molar-refractivity contribution < 1.29 is 9.47 Å². The molecule has 0 heterocycles. The molecule has 5 nitrogen and oxygen atoms in total. The molecular weight excluding hydrogens is 426 g/mol. The highest BCUT2D eigenvalue weighted by Gasteiger charge is 2.12. The van der Waals surface area contributed by atoms with E-state index in [1.165, 1.54) is 5.56 Å². The van der Waals surface area contributed by atoms with Crippen molar-refractivity contribution >= 4 is 39.5 Å². The van der Waals surface area contributed by atoms with Gasteiger partial charge in [0.1, 0.15) is 6.61 Å². The number of hydrogen-bond donors (Lipinski definition) is 2. The Kier molecular flexibility index (Phi) is 8.54. The van der Waals surface area contributed by atoms with Crippen LogP contribution in [0.25, 0.3) is 0 Å². The number of rotatable bonds is 8. The van der Waals surface area contributed by atoms with Gasteiger partial charge in [0.25, 0.3) is 0 Å². The highest BCUT2D eigenvalue weighted by Crippen LogP contribution is 2.37. The Morgan fingerprint density at radius 2 is 1.93 bits per heavy atom. The van der Waals surface area contributed by atoms with E-state index in [2.05, 4.69) is 63.0 Å². The minimum absolute atomic E-state index is 0.463. The number of thiocarbonyl (C=S) groups is 1. The molecule has 0 saturated carbocycles. The molecule has 2 aromatic carbocycles. The first-order valence-corrected chi connectivity index (χ1v) is 9.95. The highest BCUT2D eigenvalue weighted by atomic mass is 79.9. The van der Waals surface area contributed by atoms with Crippen LogP contribution < -0.4 is 20.2 Å². The van der Waals surface area contributed by atoms with E-state index >= 15 is 0 Å². The third-order valence-electron chi connectivity index (χ3n) is 3.55. The average Bonchev–Trinajstić information content (AvgIpc) is 2.63. The predicted molar refractivity (Wildman–Crippen MR) is 118 cm³/mol. The van der Waals surface area contributed by atoms with Crippen molar-refractivity contribution in [2.24, 2.45) is 5.10 Å². The first-order chi connectivity index (χ1) is 13.0. The summed E-state index contributed by atoms with van der Waals surface area (Å²) < 4.78 is 12.6. The maximum absolute atomic E-state index is 6.01. The molecule has 144 valence electrons. The minimum atomic E-state index is 0.463. The molecule has 2 aromatic rings. The van der Waals surface area contributed by atoms with E-state index in [4.69, 9.17) is 21.7 Å². The fourth-order valence-electron chi connectivity index (χ4n) is 2.27. The molecule has 0 aliphatic rings. The lowest BCUT2D eigenvalue weighted by molar-refractivity contribution is 0.267. The van der Waals surface area contributed by atoms with Gasteiger partial charge < -0.3 is 14.8 Å². The Balaban J connectivity index is 2.13. The first-order valence-electron chi connectivity index (χ1n) is 8.75. The number of hydrogen-bond acceptors (Lipinski definition) is 4. The van der Waals surface area contributed by atoms with Crippen LogP contribution in [0.2, 0.25) is 0 Å². The molecule has 2 rings (SSSR count). The fourth-order valence-corrected chi connectivity index (χ4v) is 3.04. The number of nitrogens with zero attached hydrogens (tertiary/aromatic N) is 1. The van der Waals surface area contributed by atoms with E-state index in [-0.39, 0.29) is 0 Å². The van der Waals surface area contributed by atoms with Crippen molar-refractivity contribution in [3.05, 3.63) is 57.6 Å². The van der Waals surface area contributed by atoms with E-state index < -0.39 is 0 Å². The summed E-state index contributed by atoms with van der Waals surface area (Å²) in [6, 6.07) is 12.1. The summed E-state index contributed by atoms with van der Waals surface area (Å²) in [5.74, 6) is 1.33. The predicted octanol–water partition coefficient (Wildman–Crippen LogP) is 4.55. The quantitative estimate of drug-likeness (QED) is 0.351. The van der Waals surface area contributed by atoms with Gasteiger partial charge in [-0.2, -0.15) is 5.10 Å². The molecule has 0 aromatic heterocycles. The third kappa shape index (κ3) is 6.84. The van der Waals surface area contributed by atoms with E-state index in [0.29, 0.717) is 29.8 Å². The minimum Gasteiger partial charge on any atom is -0.490 e. The maximum atomic E-state index is 6.01. The molecule has 0 fully saturated rings. The van der Waals surface area contributed by atoms with Crippen LogP contribution in [0.15, 0.2) is 46.0 Å². The van der Waals surface area contributed by atoms with Gasteiger partial charge in [-0.3, -0.25) is 5.43 Å². The second-order valence-corrected chi connectivity index (χ2v) is 7.03. The van der Waals surface area contributed by atoms with Gasteiger partial charge >= 0.3 is 0 Å². The zero-order valence-corrected chi connectivity index (χ0v) is 18.1. The molecule has 0 spiro atoms. The topological polar surface area (TPSA) is 54.9 Å². The lowest BCUT2D eigenvalue weighted by Crippen LogP contribution is -2.31. The van der Waals surface area contributed by atoms with Crippen LogP contribution in [-0.4, -0.2) is 24.5 Å². The number of halogens is 1. The number of ether oxygens (including phenoxy) is 2. The molecule has 2 N–H and O–H groups in total. The Labute approximate surface area is 174 Å². The maximum Gasteiger partial charge on any atom is 0.186 e. The monoisotopic (exact) mass is 449 g/mol. The van der Waals surface area contributed by atoms with E-state index in [1.807, 2.05) is 26.0 Å². The lowest BCUT2D eigenvalue weighted by atomic mass is 10.2. The van der Waals surface area contributed by atoms with Crippen molar-refractivity contribution in [1.29, 1.82) is 0 Å². The zero-order valence-electron chi connectivity index (χ0n) is 15.7. The van der Waals surface area contributed by atoms with Gasteiger partial charge in [-0.1, -0.05) is 29.8 Å². The van der Waals surface area contributed by atoms with Crippen LogP contribution in [0.3, 0.4) is 0 Å². The number of aryl methyl sites for hydroxylation is 1. The van der Waals surface area contributed by atoms with Gasteiger partial charge in [-0.25, -0.2) is 0 Å². The molecule has 27 heavy (non-hydrogen) atoms. The lowest BCUT2D eigenvalue weighted by Gasteiger charge is -2.15. The largest absolute Gasteiger partial charge is 0.490 e. The van der Waals surface area contributed by atoms with Crippen LogP contribution in [0.5, 0.6) is 11.5 Å². The second kappa shape index (κ2) is 10.9. The summed E-state index contributed by atoms with van der Waals surface area (Å²) in [6.07, 6.45) is 1.68. The first kappa shape index (κ1) is 21.2. The number of hydrazone groups is 1. The Morgan fingerprint density at radius 3 is 2.59 bits per heavy atom. The van der Waals surface area contributed by atoms with Gasteiger partial charge in [-0.15, -0.1) is 0 Å². The highest BCUT2D eigenvalue weighted by molar-refractivity contribution is 9.10. The summed E-state index contributed by atoms with van der Waals surface area (Å²) in [4.78, 5) is 0. The average molecular weight is 450 g/mol. The zero-order chi connectivity index (χ0) is 19.6. The second-order valence-electron chi connectivity index (χ2n) is 5.77. The van der Waals surface area contributed by atoms with Gasteiger partial charge in [0.15, 0.2) is 16.6 Å². The molecule has 7 heteroatoms. The van der Waals surface area contributed by atoms with Crippen LogP contribution >= 0.6 is 28.1 Å². The standard InChI is InChI=1S/C20H24BrN3O2S/c1-4-22-20(27)24-23-12-16-10-17(21)19(18(11-16)25-5-2)26-13-15-8-6-14(3)7-9-15/h6-12H,4-5,13H2,1-3H3,(H2,22,24,27)/b23-12-. The Morgan fingerprint density at radius 1 is 1.19 bits per heavy atom. The van der Waals surface area contributed by atoms with Gasteiger partial charge in [0.05, 0.1) is 17.3 Å². The Hall–Kier alpha value is -2.12. The summed E-state index contributed by atoms with van der Waals surface area (Å²) in [7, 11) is 0. The van der Waals surface area contributed by atoms with E-state index in [0.717, 1.165) is 22.1 Å². The fraction of sp³-hybridized carbons (Fsp3) is 0.300. The molecule has 0 atom stereocenters. The summed E-state index contributed by atoms with van der Waals surface area (Å²) in [6.45, 7) is 7.72. The van der Waals surface area contributed by atoms with Gasteiger partial charge in [-0.05, 0) is 72.2 Å². The van der Waals surface area contributed by atoms with Crippen molar-refractivity contribution in [2.75, 3.05) is 13.2 Å². The summed E-state index contributed by atoms with van der Waals surface area (Å²) in [5.41, 5.74) is 5.95. The molecule has 0 saturated heterocycles. The van der Waals surface area contributed by atoms with Crippen molar-refractivity contribution in [2.45, 2.75) is 27.4 Å². The number of benzene rings is 2. The Bertz CT molecular complexity index is 795. The third-order valence-corrected chi connectivity index (χ3v) is 4.38. The molecule has 0 unspecified atom stereocenters. The molecule has 0 bridgehead atoms. The van der Waals surface area contributed by atoms with Crippen molar-refractivity contribution in [3.63, 3.8) is 0 Å². The molecule has 0 aliphatic carbocycles. The van der Waals surface area contributed by atoms with Crippen LogP contribution in [0.1, 0.15) is 30.5 Å². The summed E-state index contributed by atoms with van der Waals surface area (Å²) >= 11 is 8.66. The molecule has 0 amide bonds. The molecule has 0 aliphatic heterocycles. The molecular formula is C20H24BrN3O2S.